The molecule has 0 bridgehead atoms. The lowest BCUT2D eigenvalue weighted by Crippen LogP contribution is -2.53. The molecule has 3 aromatic rings. The first-order valence-corrected chi connectivity index (χ1v) is 14.4. The quantitative estimate of drug-likeness (QED) is 0.187. The fourth-order valence-corrected chi connectivity index (χ4v) is 5.89. The molecule has 7 rings (SSSR count). The van der Waals surface area contributed by atoms with Gasteiger partial charge < -0.3 is 14.6 Å². The van der Waals surface area contributed by atoms with E-state index in [-0.39, 0.29) is 22.2 Å². The van der Waals surface area contributed by atoms with Crippen molar-refractivity contribution in [3.05, 3.63) is 107 Å². The van der Waals surface area contributed by atoms with Crippen LogP contribution in [0.2, 0.25) is 0 Å². The van der Waals surface area contributed by atoms with E-state index in [4.69, 9.17) is 15.3 Å². The number of amides is 2. The fourth-order valence-electron chi connectivity index (χ4n) is 5.89. The molecule has 43 heavy (non-hydrogen) atoms. The van der Waals surface area contributed by atoms with Crippen molar-refractivity contribution in [2.75, 3.05) is 18.4 Å². The minimum atomic E-state index is -0.666. The van der Waals surface area contributed by atoms with Crippen LogP contribution < -0.4 is 11.2 Å². The maximum Gasteiger partial charge on any atom is 0.298 e. The van der Waals surface area contributed by atoms with Gasteiger partial charge in [-0.25, -0.2) is 4.98 Å². The van der Waals surface area contributed by atoms with E-state index in [0.717, 1.165) is 17.7 Å². The topological polar surface area (TPSA) is 143 Å². The molecule has 2 aromatic heterocycles. The number of hydrogen-bond donors (Lipinski definition) is 2. The Morgan fingerprint density at radius 3 is 2.65 bits per heavy atom. The number of rotatable bonds is 7. The van der Waals surface area contributed by atoms with Crippen molar-refractivity contribution in [3.8, 4) is 0 Å². The monoisotopic (exact) mass is 576 g/mol. The van der Waals surface area contributed by atoms with E-state index in [1.165, 1.54) is 30.7 Å². The molecular formula is C32H30N7O4+. The van der Waals surface area contributed by atoms with E-state index in [1.54, 1.807) is 47.9 Å². The van der Waals surface area contributed by atoms with Crippen molar-refractivity contribution in [2.24, 2.45) is 21.7 Å². The Bertz CT molecular complexity index is 1730. The third-order valence-electron chi connectivity index (χ3n) is 8.34. The number of benzene rings is 1. The maximum absolute atomic E-state index is 13.0. The number of anilines is 1. The molecule has 4 aliphatic rings. The number of ketones is 1. The van der Waals surface area contributed by atoms with Crippen LogP contribution in [0.1, 0.15) is 63.6 Å². The lowest BCUT2D eigenvalue weighted by atomic mass is 9.93. The summed E-state index contributed by atoms with van der Waals surface area (Å²) in [5, 5.41) is 2.90. The first-order valence-electron chi connectivity index (χ1n) is 14.4. The normalized spacial score (nSPS) is 22.8. The van der Waals surface area contributed by atoms with Crippen LogP contribution in [0.5, 0.6) is 0 Å². The van der Waals surface area contributed by atoms with E-state index in [0.29, 0.717) is 48.3 Å². The van der Waals surface area contributed by atoms with Crippen molar-refractivity contribution < 1.29 is 23.4 Å². The number of aromatic nitrogens is 1. The van der Waals surface area contributed by atoms with Crippen molar-refractivity contribution in [2.45, 2.75) is 31.6 Å². The van der Waals surface area contributed by atoms with Crippen LogP contribution in [0.3, 0.4) is 0 Å². The lowest BCUT2D eigenvalue weighted by molar-refractivity contribution is -0.750. The standard InChI is InChI=1S/C32H29N7O4/c33-39-15-13-34-18-25(39)28(24-3-1-14-38(19-24)32(42)29(40)26-4-2-16-43-26)37-30(39)21-7-9-22(10-8-21)31(41)36-27-17-23(11-12-35-27)20-5-6-20/h2,4,7-13,15-18,20,24H,1,3,5-6,14,19,33H2/p+1. The Balaban J connectivity index is 1.11. The average molecular weight is 577 g/mol. The van der Waals surface area contributed by atoms with Crippen LogP contribution in [0.25, 0.3) is 0 Å². The molecule has 1 saturated carbocycles. The van der Waals surface area contributed by atoms with Crippen molar-refractivity contribution in [1.29, 1.82) is 0 Å². The number of allylic oxidation sites excluding steroid dienone is 1. The second-order valence-corrected chi connectivity index (χ2v) is 11.2. The molecule has 0 radical (unpaired) electrons. The van der Waals surface area contributed by atoms with Crippen LogP contribution in [0, 0.1) is 5.92 Å². The fraction of sp³-hybridized carbons (Fsp3) is 0.250. The third kappa shape index (κ3) is 5.02. The summed E-state index contributed by atoms with van der Waals surface area (Å²) in [6, 6.07) is 14.1. The van der Waals surface area contributed by atoms with Gasteiger partial charge in [-0.05, 0) is 85.7 Å². The highest BCUT2D eigenvalue weighted by molar-refractivity contribution is 6.41. The van der Waals surface area contributed by atoms with Gasteiger partial charge in [0.1, 0.15) is 17.7 Å². The summed E-state index contributed by atoms with van der Waals surface area (Å²) >= 11 is 0. The zero-order chi connectivity index (χ0) is 29.6. The number of carbonyl (C=O) groups is 3. The number of nitrogens with two attached hydrogens (primary N) is 1. The lowest BCUT2D eigenvalue weighted by Gasteiger charge is -2.32. The van der Waals surface area contributed by atoms with Gasteiger partial charge in [0.05, 0.1) is 24.2 Å². The summed E-state index contributed by atoms with van der Waals surface area (Å²) in [6.45, 7) is 0.801. The van der Waals surface area contributed by atoms with Crippen LogP contribution in [0.4, 0.5) is 5.82 Å². The number of piperidine rings is 1. The van der Waals surface area contributed by atoms with Gasteiger partial charge in [-0.1, -0.05) is 0 Å². The highest BCUT2D eigenvalue weighted by Crippen LogP contribution is 2.40. The zero-order valence-electron chi connectivity index (χ0n) is 23.3. The number of nitrogens with one attached hydrogen (secondary N) is 1. The molecule has 5 heterocycles. The molecule has 3 N–H and O–H groups in total. The number of nitrogens with zero attached hydrogens (tertiary/aromatic N) is 5. The molecule has 0 spiro atoms. The van der Waals surface area contributed by atoms with Crippen molar-refractivity contribution >= 4 is 35.5 Å². The molecule has 2 fully saturated rings. The summed E-state index contributed by atoms with van der Waals surface area (Å²) in [7, 11) is 0. The van der Waals surface area contributed by atoms with E-state index in [1.807, 2.05) is 24.3 Å². The number of amidine groups is 1. The molecule has 216 valence electrons. The molecular weight excluding hydrogens is 546 g/mol. The number of aliphatic imine (C=N–C) groups is 2. The molecule has 3 aliphatic heterocycles. The molecule has 11 heteroatoms. The number of Topliss-reactive ketones (excluding diaryl/α,β-unsaturated/α-hetero) is 1. The second-order valence-electron chi connectivity index (χ2n) is 11.2. The Morgan fingerprint density at radius 1 is 1.05 bits per heavy atom. The van der Waals surface area contributed by atoms with Gasteiger partial charge in [0.2, 0.25) is 5.70 Å². The molecule has 2 amide bonds. The summed E-state index contributed by atoms with van der Waals surface area (Å²) in [6.07, 6.45) is 12.0. The van der Waals surface area contributed by atoms with E-state index < -0.39 is 11.7 Å². The Labute approximate surface area is 247 Å². The predicted octanol–water partition coefficient (Wildman–Crippen LogP) is 4.14. The van der Waals surface area contributed by atoms with Gasteiger partial charge in [-0.2, -0.15) is 10.8 Å². The van der Waals surface area contributed by atoms with Crippen LogP contribution in [-0.4, -0.2) is 57.2 Å². The van der Waals surface area contributed by atoms with E-state index in [2.05, 4.69) is 15.3 Å². The molecule has 2 unspecified atom stereocenters. The minimum Gasteiger partial charge on any atom is -0.461 e. The summed E-state index contributed by atoms with van der Waals surface area (Å²) < 4.78 is 4.97. The van der Waals surface area contributed by atoms with Crippen molar-refractivity contribution in [3.63, 3.8) is 0 Å². The number of hydrogen-bond acceptors (Lipinski definition) is 8. The number of likely N-dealkylation sites (tertiary alicyclic amines) is 1. The SMILES string of the molecule is N[N+]12C=CN=CC1=C(C1CCCN(C(=O)C(=O)c3ccco3)C1)N=C2c1ccc(C(=O)Nc2cc(C3CC3)ccn2)cc1. The van der Waals surface area contributed by atoms with Gasteiger partial charge in [0.15, 0.2) is 5.76 Å². The van der Waals surface area contributed by atoms with Crippen molar-refractivity contribution in [1.82, 2.24) is 9.88 Å². The zero-order valence-corrected chi connectivity index (χ0v) is 23.3. The largest absolute Gasteiger partial charge is 0.461 e. The average Bonchev–Trinajstić information content (AvgIpc) is 3.65. The smallest absolute Gasteiger partial charge is 0.298 e. The number of fused-ring (bicyclic) bond motifs is 1. The predicted molar refractivity (Wildman–Crippen MR) is 159 cm³/mol. The maximum atomic E-state index is 13.0. The number of pyridine rings is 1. The Hall–Kier alpha value is -5.00. The Kier molecular flexibility index (Phi) is 6.68. The van der Waals surface area contributed by atoms with Gasteiger partial charge in [-0.3, -0.25) is 19.4 Å². The number of quaternary nitrogens is 1. The first kappa shape index (κ1) is 26.9. The van der Waals surface area contributed by atoms with Gasteiger partial charge in [-0.15, -0.1) is 4.59 Å². The molecule has 1 aliphatic carbocycles. The second kappa shape index (κ2) is 10.7. The minimum absolute atomic E-state index is 0.0256. The van der Waals surface area contributed by atoms with E-state index in [9.17, 15) is 14.4 Å². The molecule has 1 aromatic carbocycles. The number of carbonyl (C=O) groups excluding carboxylic acids is 3. The third-order valence-corrected chi connectivity index (χ3v) is 8.34. The first-order chi connectivity index (χ1) is 20.9. The molecule has 1 saturated heterocycles. The summed E-state index contributed by atoms with van der Waals surface area (Å²) in [5.74, 6) is 6.97. The van der Waals surface area contributed by atoms with Gasteiger partial charge >= 0.3 is 0 Å². The van der Waals surface area contributed by atoms with E-state index >= 15 is 0 Å². The van der Waals surface area contributed by atoms with Crippen LogP contribution >= 0.6 is 0 Å². The summed E-state index contributed by atoms with van der Waals surface area (Å²) in [5.41, 5.74) is 3.87. The van der Waals surface area contributed by atoms with Gasteiger partial charge in [0.25, 0.3) is 23.4 Å². The summed E-state index contributed by atoms with van der Waals surface area (Å²) in [4.78, 5) is 53.8. The number of furan rings is 1. The van der Waals surface area contributed by atoms with Gasteiger partial charge in [0, 0.05) is 30.8 Å². The molecule has 2 atom stereocenters. The molecule has 11 nitrogen and oxygen atoms in total. The highest BCUT2D eigenvalue weighted by Gasteiger charge is 2.46. The Morgan fingerprint density at radius 2 is 1.88 bits per heavy atom. The van der Waals surface area contributed by atoms with Crippen LogP contribution in [-0.2, 0) is 4.79 Å². The van der Waals surface area contributed by atoms with Crippen LogP contribution in [0.15, 0.2) is 99.2 Å². The highest BCUT2D eigenvalue weighted by atomic mass is 16.3.